The molecule has 8 heteroatoms. The molecule has 2 aliphatic heterocycles. The fraction of sp³-hybridized carbons (Fsp3) is 0.478. The van der Waals surface area contributed by atoms with Crippen molar-refractivity contribution in [3.05, 3.63) is 63.8 Å². The average Bonchev–Trinajstić information content (AvgIpc) is 2.80. The molecule has 0 bridgehead atoms. The summed E-state index contributed by atoms with van der Waals surface area (Å²) in [5.74, 6) is 1.36. The maximum absolute atomic E-state index is 13.0. The van der Waals surface area contributed by atoms with Gasteiger partial charge < -0.3 is 9.80 Å². The van der Waals surface area contributed by atoms with Crippen molar-refractivity contribution in [1.29, 1.82) is 0 Å². The van der Waals surface area contributed by atoms with E-state index in [1.54, 1.807) is 19.1 Å². The lowest BCUT2D eigenvalue weighted by Crippen LogP contribution is -2.50. The molecule has 31 heavy (non-hydrogen) atoms. The molecule has 4 rings (SSSR count). The number of benzene rings is 1. The van der Waals surface area contributed by atoms with Gasteiger partial charge in [-0.15, -0.1) is 0 Å². The summed E-state index contributed by atoms with van der Waals surface area (Å²) in [6, 6.07) is 10.8. The molecule has 1 atom stereocenters. The van der Waals surface area contributed by atoms with Crippen LogP contribution in [-0.4, -0.2) is 71.4 Å². The normalized spacial score (nSPS) is 20.0. The van der Waals surface area contributed by atoms with Gasteiger partial charge in [0.25, 0.3) is 11.6 Å². The highest BCUT2D eigenvalue weighted by Gasteiger charge is 2.28. The van der Waals surface area contributed by atoms with Crippen LogP contribution in [-0.2, 0) is 0 Å². The first-order valence-electron chi connectivity index (χ1n) is 10.9. The minimum atomic E-state index is -0.421. The van der Waals surface area contributed by atoms with Gasteiger partial charge in [-0.25, -0.2) is 4.98 Å². The molecule has 0 spiro atoms. The average molecular weight is 424 g/mol. The van der Waals surface area contributed by atoms with Crippen LogP contribution in [0.2, 0.25) is 0 Å². The van der Waals surface area contributed by atoms with Crippen molar-refractivity contribution in [2.45, 2.75) is 19.8 Å². The molecular formula is C23H29N5O3. The van der Waals surface area contributed by atoms with Gasteiger partial charge in [0.2, 0.25) is 0 Å². The maximum atomic E-state index is 13.0. The highest BCUT2D eigenvalue weighted by atomic mass is 16.6. The molecule has 0 N–H and O–H groups in total. The molecular weight excluding hydrogens is 394 g/mol. The Kier molecular flexibility index (Phi) is 6.46. The number of anilines is 1. The van der Waals surface area contributed by atoms with Crippen molar-refractivity contribution in [1.82, 2.24) is 14.8 Å². The van der Waals surface area contributed by atoms with Gasteiger partial charge in [-0.3, -0.25) is 19.8 Å². The Morgan fingerprint density at radius 1 is 1.16 bits per heavy atom. The number of amides is 1. The SMILES string of the molecule is Cc1ccc(C(=O)N2CCCC(CN3CCN(c4ccccn4)CC3)C2)cc1[N+](=O)[O-]. The van der Waals surface area contributed by atoms with E-state index in [1.807, 2.05) is 23.2 Å². The number of carbonyl (C=O) groups excluding carboxylic acids is 1. The number of nitro groups is 1. The maximum Gasteiger partial charge on any atom is 0.273 e. The molecule has 2 aromatic rings. The molecule has 1 aromatic carbocycles. The van der Waals surface area contributed by atoms with Crippen LogP contribution in [0.4, 0.5) is 11.5 Å². The summed E-state index contributed by atoms with van der Waals surface area (Å²) in [4.78, 5) is 34.9. The van der Waals surface area contributed by atoms with Gasteiger partial charge in [0, 0.05) is 69.2 Å². The van der Waals surface area contributed by atoms with Crippen LogP contribution in [0.15, 0.2) is 42.6 Å². The van der Waals surface area contributed by atoms with E-state index in [1.165, 1.54) is 6.07 Å². The lowest BCUT2D eigenvalue weighted by Gasteiger charge is -2.39. The molecule has 2 aliphatic rings. The zero-order chi connectivity index (χ0) is 21.8. The molecule has 2 fully saturated rings. The van der Waals surface area contributed by atoms with Crippen molar-refractivity contribution >= 4 is 17.4 Å². The second kappa shape index (κ2) is 9.43. The molecule has 1 amide bonds. The number of carbonyl (C=O) groups is 1. The van der Waals surface area contributed by atoms with Gasteiger partial charge in [-0.05, 0) is 43.9 Å². The van der Waals surface area contributed by atoms with Crippen LogP contribution in [0, 0.1) is 23.0 Å². The molecule has 0 aliphatic carbocycles. The van der Waals surface area contributed by atoms with Gasteiger partial charge in [-0.1, -0.05) is 12.1 Å². The first-order valence-corrected chi connectivity index (χ1v) is 10.9. The molecule has 2 saturated heterocycles. The second-order valence-electron chi connectivity index (χ2n) is 8.49. The summed E-state index contributed by atoms with van der Waals surface area (Å²) in [6.45, 7) is 7.99. The van der Waals surface area contributed by atoms with Crippen LogP contribution in [0.1, 0.15) is 28.8 Å². The summed E-state index contributed by atoms with van der Waals surface area (Å²) in [7, 11) is 0. The first-order chi connectivity index (χ1) is 15.0. The minimum Gasteiger partial charge on any atom is -0.354 e. The fourth-order valence-electron chi connectivity index (χ4n) is 4.59. The Morgan fingerprint density at radius 2 is 1.97 bits per heavy atom. The molecule has 1 unspecified atom stereocenters. The van der Waals surface area contributed by atoms with Crippen molar-refractivity contribution in [2.75, 3.05) is 50.7 Å². The number of hydrogen-bond acceptors (Lipinski definition) is 6. The summed E-state index contributed by atoms with van der Waals surface area (Å²) in [5.41, 5.74) is 0.982. The minimum absolute atomic E-state index is 0.00480. The van der Waals surface area contributed by atoms with Gasteiger partial charge in [0.15, 0.2) is 0 Å². The largest absolute Gasteiger partial charge is 0.354 e. The van der Waals surface area contributed by atoms with Gasteiger partial charge in [-0.2, -0.15) is 0 Å². The van der Waals surface area contributed by atoms with E-state index in [2.05, 4.69) is 20.9 Å². The van der Waals surface area contributed by atoms with E-state index in [0.717, 1.165) is 51.4 Å². The van der Waals surface area contributed by atoms with Crippen LogP contribution in [0.3, 0.4) is 0 Å². The number of rotatable bonds is 5. The number of pyridine rings is 1. The molecule has 1 aromatic heterocycles. The van der Waals surface area contributed by atoms with E-state index >= 15 is 0 Å². The molecule has 0 saturated carbocycles. The van der Waals surface area contributed by atoms with Crippen molar-refractivity contribution < 1.29 is 9.72 Å². The zero-order valence-electron chi connectivity index (χ0n) is 17.9. The third-order valence-corrected chi connectivity index (χ3v) is 6.32. The Bertz CT molecular complexity index is 928. The number of hydrogen-bond donors (Lipinski definition) is 0. The third kappa shape index (κ3) is 5.02. The smallest absolute Gasteiger partial charge is 0.273 e. The Hall–Kier alpha value is -3.00. The Labute approximate surface area is 182 Å². The van der Waals surface area contributed by atoms with Crippen molar-refractivity contribution in [2.24, 2.45) is 5.92 Å². The molecule has 8 nitrogen and oxygen atoms in total. The molecule has 164 valence electrons. The monoisotopic (exact) mass is 423 g/mol. The summed E-state index contributed by atoms with van der Waals surface area (Å²) < 4.78 is 0. The van der Waals surface area contributed by atoms with Crippen molar-refractivity contribution in [3.63, 3.8) is 0 Å². The predicted molar refractivity (Wildman–Crippen MR) is 119 cm³/mol. The van der Waals surface area contributed by atoms with Gasteiger partial charge in [0.1, 0.15) is 5.82 Å². The molecule has 3 heterocycles. The lowest BCUT2D eigenvalue weighted by atomic mass is 9.96. The number of nitrogens with zero attached hydrogens (tertiary/aromatic N) is 5. The van der Waals surface area contributed by atoms with E-state index in [9.17, 15) is 14.9 Å². The molecule has 0 radical (unpaired) electrons. The Balaban J connectivity index is 1.32. The number of nitro benzene ring substituents is 1. The summed E-state index contributed by atoms with van der Waals surface area (Å²) in [5, 5.41) is 11.2. The van der Waals surface area contributed by atoms with Crippen molar-refractivity contribution in [3.8, 4) is 0 Å². The Morgan fingerprint density at radius 3 is 2.68 bits per heavy atom. The second-order valence-corrected chi connectivity index (χ2v) is 8.49. The van der Waals surface area contributed by atoms with Crippen LogP contribution in [0.5, 0.6) is 0 Å². The van der Waals surface area contributed by atoms with E-state index in [0.29, 0.717) is 30.1 Å². The highest BCUT2D eigenvalue weighted by Crippen LogP contribution is 2.24. The summed E-state index contributed by atoms with van der Waals surface area (Å²) >= 11 is 0. The van der Waals surface area contributed by atoms with Crippen LogP contribution < -0.4 is 4.90 Å². The standard InChI is InChI=1S/C23H29N5O3/c1-18-7-8-20(15-21(18)28(30)31)23(29)27-10-4-5-19(17-27)16-25-11-13-26(14-12-25)22-6-2-3-9-24-22/h2-3,6-9,15,19H,4-5,10-14,16-17H2,1H3. The quantitative estimate of drug-likeness (QED) is 0.543. The van der Waals surface area contributed by atoms with E-state index in [4.69, 9.17) is 0 Å². The topological polar surface area (TPSA) is 82.8 Å². The summed E-state index contributed by atoms with van der Waals surface area (Å²) in [6.07, 6.45) is 3.91. The van der Waals surface area contributed by atoms with Gasteiger partial charge in [0.05, 0.1) is 4.92 Å². The van der Waals surface area contributed by atoms with Crippen LogP contribution >= 0.6 is 0 Å². The van der Waals surface area contributed by atoms with Gasteiger partial charge >= 0.3 is 0 Å². The number of piperidine rings is 1. The van der Waals surface area contributed by atoms with E-state index < -0.39 is 4.92 Å². The fourth-order valence-corrected chi connectivity index (χ4v) is 4.59. The lowest BCUT2D eigenvalue weighted by molar-refractivity contribution is -0.385. The van der Waals surface area contributed by atoms with Crippen LogP contribution in [0.25, 0.3) is 0 Å². The third-order valence-electron chi connectivity index (χ3n) is 6.32. The number of likely N-dealkylation sites (tertiary alicyclic amines) is 1. The first kappa shape index (κ1) is 21.2. The predicted octanol–water partition coefficient (Wildman–Crippen LogP) is 2.97. The number of aromatic nitrogens is 1. The number of aryl methyl sites for hydroxylation is 1. The zero-order valence-corrected chi connectivity index (χ0v) is 17.9. The van der Waals surface area contributed by atoms with E-state index in [-0.39, 0.29) is 11.6 Å². The number of piperazine rings is 1. The highest BCUT2D eigenvalue weighted by molar-refractivity contribution is 5.95.